The second kappa shape index (κ2) is 6.04. The number of carbonyl (C=O) groups excluding carboxylic acids is 1. The number of rotatable bonds is 3. The van der Waals surface area contributed by atoms with Crippen LogP contribution in [0.2, 0.25) is 10.0 Å². The Balaban J connectivity index is 2.10. The number of carbonyl (C=O) groups is 1. The van der Waals surface area contributed by atoms with Crippen LogP contribution in [0.4, 0.5) is 5.69 Å². The number of amides is 1. The van der Waals surface area contributed by atoms with Gasteiger partial charge in [-0.05, 0) is 12.1 Å². The van der Waals surface area contributed by atoms with Gasteiger partial charge in [0.1, 0.15) is 0 Å². The summed E-state index contributed by atoms with van der Waals surface area (Å²) in [5, 5.41) is 3.52. The van der Waals surface area contributed by atoms with Crippen LogP contribution in [0.15, 0.2) is 42.6 Å². The number of nitrogens with zero attached hydrogens (tertiary/aromatic N) is 1. The highest BCUT2D eigenvalue weighted by Gasteiger charge is 2.13. The molecule has 1 amide bonds. The third kappa shape index (κ3) is 3.46. The number of hydrogen-bond donors (Lipinski definition) is 1. The molecule has 0 bridgehead atoms. The van der Waals surface area contributed by atoms with Crippen LogP contribution in [0.5, 0.6) is 0 Å². The van der Waals surface area contributed by atoms with Gasteiger partial charge in [0, 0.05) is 19.1 Å². The molecule has 3 nitrogen and oxygen atoms in total. The number of aryl methyl sites for hydroxylation is 1. The zero-order valence-corrected chi connectivity index (χ0v) is 11.9. The van der Waals surface area contributed by atoms with E-state index in [2.05, 4.69) is 5.32 Å². The summed E-state index contributed by atoms with van der Waals surface area (Å²) in [5.74, 6) is -0.150. The number of hydrogen-bond acceptors (Lipinski definition) is 1. The Labute approximate surface area is 121 Å². The van der Waals surface area contributed by atoms with Gasteiger partial charge < -0.3 is 5.32 Å². The van der Waals surface area contributed by atoms with Crippen LogP contribution in [0.1, 0.15) is 5.69 Å². The van der Waals surface area contributed by atoms with Gasteiger partial charge in [0.05, 0.1) is 15.7 Å². The van der Waals surface area contributed by atoms with E-state index in [1.807, 2.05) is 35.9 Å². The van der Waals surface area contributed by atoms with Crippen molar-refractivity contribution in [1.82, 2.24) is 0 Å². The van der Waals surface area contributed by atoms with Crippen molar-refractivity contribution in [3.05, 3.63) is 58.3 Å². The highest BCUT2D eigenvalue weighted by molar-refractivity contribution is 6.43. The van der Waals surface area contributed by atoms with Crippen LogP contribution in [-0.4, -0.2) is 5.91 Å². The van der Waals surface area contributed by atoms with Gasteiger partial charge >= 0.3 is 0 Å². The molecule has 0 fully saturated rings. The van der Waals surface area contributed by atoms with Gasteiger partial charge in [-0.25, -0.2) is 0 Å². The summed E-state index contributed by atoms with van der Waals surface area (Å²) >= 11 is 11.9. The van der Waals surface area contributed by atoms with Crippen molar-refractivity contribution < 1.29 is 9.36 Å². The minimum absolute atomic E-state index is 0.150. The lowest BCUT2D eigenvalue weighted by Crippen LogP contribution is -2.42. The Morgan fingerprint density at radius 2 is 2.00 bits per heavy atom. The van der Waals surface area contributed by atoms with E-state index in [1.165, 1.54) is 0 Å². The second-order valence-corrected chi connectivity index (χ2v) is 4.90. The average Bonchev–Trinajstić information content (AvgIpc) is 2.38. The molecule has 0 unspecified atom stereocenters. The van der Waals surface area contributed by atoms with E-state index in [-0.39, 0.29) is 12.5 Å². The molecule has 1 N–H and O–H groups in total. The van der Waals surface area contributed by atoms with Crippen LogP contribution in [0, 0.1) is 6.92 Å². The molecule has 19 heavy (non-hydrogen) atoms. The third-order valence-electron chi connectivity index (χ3n) is 2.71. The topological polar surface area (TPSA) is 33.0 Å². The molecule has 1 aromatic carbocycles. The van der Waals surface area contributed by atoms with Crippen LogP contribution in [0.3, 0.4) is 0 Å². The van der Waals surface area contributed by atoms with Crippen LogP contribution in [-0.2, 0) is 11.3 Å². The fourth-order valence-electron chi connectivity index (χ4n) is 1.68. The Morgan fingerprint density at radius 3 is 2.74 bits per heavy atom. The minimum atomic E-state index is -0.150. The van der Waals surface area contributed by atoms with Crippen molar-refractivity contribution in [1.29, 1.82) is 0 Å². The molecule has 0 atom stereocenters. The summed E-state index contributed by atoms with van der Waals surface area (Å²) in [4.78, 5) is 12.0. The smallest absolute Gasteiger partial charge is 0.290 e. The zero-order valence-electron chi connectivity index (χ0n) is 10.4. The normalized spacial score (nSPS) is 10.3. The van der Waals surface area contributed by atoms with Gasteiger partial charge in [-0.15, -0.1) is 0 Å². The molecule has 2 rings (SSSR count). The van der Waals surface area contributed by atoms with Crippen LogP contribution in [0.25, 0.3) is 0 Å². The van der Waals surface area contributed by atoms with E-state index in [1.54, 1.807) is 18.2 Å². The average molecular weight is 296 g/mol. The Bertz CT molecular complexity index is 614. The van der Waals surface area contributed by atoms with Crippen molar-refractivity contribution in [2.75, 3.05) is 5.32 Å². The molecule has 1 heterocycles. The van der Waals surface area contributed by atoms with Crippen LogP contribution < -0.4 is 9.88 Å². The van der Waals surface area contributed by atoms with E-state index in [0.29, 0.717) is 15.7 Å². The van der Waals surface area contributed by atoms with Crippen LogP contribution >= 0.6 is 23.2 Å². The van der Waals surface area contributed by atoms with E-state index in [9.17, 15) is 4.79 Å². The molecule has 2 aromatic rings. The summed E-state index contributed by atoms with van der Waals surface area (Å²) in [5.41, 5.74) is 1.53. The Kier molecular flexibility index (Phi) is 4.40. The van der Waals surface area contributed by atoms with Gasteiger partial charge in [0.25, 0.3) is 5.91 Å². The standard InChI is InChI=1S/C14H12Cl2N2O/c1-10-5-2-3-8-18(10)9-13(19)17-12-7-4-6-11(15)14(12)16/h2-8H,9H2,1H3/p+1. The lowest BCUT2D eigenvalue weighted by atomic mass is 10.3. The summed E-state index contributed by atoms with van der Waals surface area (Å²) < 4.78 is 1.85. The molecule has 1 aromatic heterocycles. The second-order valence-electron chi connectivity index (χ2n) is 4.12. The summed E-state index contributed by atoms with van der Waals surface area (Å²) in [7, 11) is 0. The third-order valence-corrected chi connectivity index (χ3v) is 3.53. The van der Waals surface area contributed by atoms with Gasteiger partial charge in [-0.1, -0.05) is 35.3 Å². The number of pyridine rings is 1. The predicted molar refractivity (Wildman–Crippen MR) is 76.5 cm³/mol. The SMILES string of the molecule is Cc1cccc[n+]1CC(=O)Nc1cccc(Cl)c1Cl. The van der Waals surface area contributed by atoms with Gasteiger partial charge in [0.2, 0.25) is 6.54 Å². The Morgan fingerprint density at radius 1 is 1.21 bits per heavy atom. The highest BCUT2D eigenvalue weighted by atomic mass is 35.5. The van der Waals surface area contributed by atoms with Crippen molar-refractivity contribution in [3.63, 3.8) is 0 Å². The van der Waals surface area contributed by atoms with E-state index < -0.39 is 0 Å². The molecule has 5 heteroatoms. The molecule has 0 aliphatic rings. The molecule has 0 aliphatic carbocycles. The summed E-state index contributed by atoms with van der Waals surface area (Å²) in [6.45, 7) is 2.18. The maximum absolute atomic E-state index is 12.0. The molecular weight excluding hydrogens is 283 g/mol. The van der Waals surface area contributed by atoms with E-state index in [0.717, 1.165) is 5.69 Å². The maximum atomic E-state index is 12.0. The summed E-state index contributed by atoms with van der Waals surface area (Å²) in [6.07, 6.45) is 1.86. The predicted octanol–water partition coefficient (Wildman–Crippen LogP) is 3.23. The highest BCUT2D eigenvalue weighted by Crippen LogP contribution is 2.29. The molecule has 0 saturated heterocycles. The maximum Gasteiger partial charge on any atom is 0.290 e. The largest absolute Gasteiger partial charge is 0.319 e. The fraction of sp³-hybridized carbons (Fsp3) is 0.143. The van der Waals surface area contributed by atoms with Gasteiger partial charge in [-0.3, -0.25) is 4.79 Å². The van der Waals surface area contributed by atoms with Gasteiger partial charge in [0.15, 0.2) is 11.9 Å². The first-order chi connectivity index (χ1) is 9.08. The van der Waals surface area contributed by atoms with Crippen molar-refractivity contribution in [2.45, 2.75) is 13.5 Å². The molecule has 0 saturated carbocycles. The van der Waals surface area contributed by atoms with Gasteiger partial charge in [-0.2, -0.15) is 4.57 Å². The quantitative estimate of drug-likeness (QED) is 0.867. The number of anilines is 1. The first-order valence-electron chi connectivity index (χ1n) is 5.77. The lowest BCUT2D eigenvalue weighted by molar-refractivity contribution is -0.690. The molecule has 0 aliphatic heterocycles. The molecule has 98 valence electrons. The number of nitrogens with one attached hydrogen (secondary N) is 1. The molecule has 0 radical (unpaired) electrons. The zero-order chi connectivity index (χ0) is 13.8. The monoisotopic (exact) mass is 295 g/mol. The first-order valence-corrected chi connectivity index (χ1v) is 6.52. The van der Waals surface area contributed by atoms with Crippen molar-refractivity contribution in [3.8, 4) is 0 Å². The minimum Gasteiger partial charge on any atom is -0.319 e. The number of halogens is 2. The Hall–Kier alpha value is -1.58. The number of benzene rings is 1. The summed E-state index contributed by atoms with van der Waals surface area (Å²) in [6, 6.07) is 10.9. The molecule has 0 spiro atoms. The van der Waals surface area contributed by atoms with Crippen molar-refractivity contribution in [2.24, 2.45) is 0 Å². The van der Waals surface area contributed by atoms with E-state index in [4.69, 9.17) is 23.2 Å². The van der Waals surface area contributed by atoms with E-state index >= 15 is 0 Å². The fourth-order valence-corrected chi connectivity index (χ4v) is 2.03. The van der Waals surface area contributed by atoms with Crippen molar-refractivity contribution >= 4 is 34.8 Å². The first kappa shape index (κ1) is 13.8. The lowest BCUT2D eigenvalue weighted by Gasteiger charge is -2.07. The number of aromatic nitrogens is 1. The molecular formula is C14H13Cl2N2O+.